The lowest BCUT2D eigenvalue weighted by Gasteiger charge is -2.27. The molecule has 2 heteroatoms. The third-order valence-corrected chi connectivity index (χ3v) is 3.68. The Balaban J connectivity index is 1.96. The van der Waals surface area contributed by atoms with Crippen molar-refractivity contribution < 1.29 is 4.74 Å². The van der Waals surface area contributed by atoms with Gasteiger partial charge in [-0.15, -0.1) is 0 Å². The lowest BCUT2D eigenvalue weighted by molar-refractivity contribution is 0.0617. The van der Waals surface area contributed by atoms with Gasteiger partial charge < -0.3 is 10.1 Å². The van der Waals surface area contributed by atoms with Crippen LogP contribution in [0, 0.1) is 5.92 Å². The Hall–Kier alpha value is -0.860. The third-order valence-electron chi connectivity index (χ3n) is 3.68. The second-order valence-electron chi connectivity index (χ2n) is 4.96. The first-order valence-corrected chi connectivity index (χ1v) is 6.67. The highest BCUT2D eigenvalue weighted by molar-refractivity contribution is 5.20. The third kappa shape index (κ3) is 3.83. The topological polar surface area (TPSA) is 21.3 Å². The first-order valence-electron chi connectivity index (χ1n) is 6.67. The summed E-state index contributed by atoms with van der Waals surface area (Å²) in [5.74, 6) is 1.48. The normalized spacial score (nSPS) is 19.1. The van der Waals surface area contributed by atoms with Crippen molar-refractivity contribution >= 4 is 0 Å². The summed E-state index contributed by atoms with van der Waals surface area (Å²) >= 11 is 0. The van der Waals surface area contributed by atoms with Gasteiger partial charge >= 0.3 is 0 Å². The zero-order valence-electron chi connectivity index (χ0n) is 10.7. The molecule has 0 saturated carbocycles. The molecule has 2 nitrogen and oxygen atoms in total. The molecule has 1 heterocycles. The predicted molar refractivity (Wildman–Crippen MR) is 71.3 cm³/mol. The fourth-order valence-corrected chi connectivity index (χ4v) is 2.69. The fraction of sp³-hybridized carbons (Fsp3) is 0.600. The van der Waals surface area contributed by atoms with Crippen LogP contribution in [0.4, 0.5) is 0 Å². The van der Waals surface area contributed by atoms with Gasteiger partial charge in [0.25, 0.3) is 0 Å². The van der Waals surface area contributed by atoms with Crippen LogP contribution in [0.5, 0.6) is 0 Å². The van der Waals surface area contributed by atoms with Gasteiger partial charge in [0.05, 0.1) is 0 Å². The standard InChI is InChI=1S/C15H23NO/c1-16-12-15(14-5-3-2-4-6-14)11-13-7-9-17-10-8-13/h2-6,13,15-16H,7-12H2,1H3. The highest BCUT2D eigenvalue weighted by Gasteiger charge is 2.19. The van der Waals surface area contributed by atoms with E-state index >= 15 is 0 Å². The Labute approximate surface area is 104 Å². The summed E-state index contributed by atoms with van der Waals surface area (Å²) in [7, 11) is 2.04. The van der Waals surface area contributed by atoms with Gasteiger partial charge in [0, 0.05) is 19.8 Å². The zero-order valence-corrected chi connectivity index (χ0v) is 10.7. The van der Waals surface area contributed by atoms with E-state index in [4.69, 9.17) is 4.74 Å². The fourth-order valence-electron chi connectivity index (χ4n) is 2.69. The van der Waals surface area contributed by atoms with Crippen molar-refractivity contribution in [3.8, 4) is 0 Å². The molecular formula is C15H23NO. The van der Waals surface area contributed by atoms with E-state index in [-0.39, 0.29) is 0 Å². The molecule has 1 fully saturated rings. The van der Waals surface area contributed by atoms with Crippen LogP contribution >= 0.6 is 0 Å². The van der Waals surface area contributed by atoms with Gasteiger partial charge in [-0.2, -0.15) is 0 Å². The summed E-state index contributed by atoms with van der Waals surface area (Å²) in [6, 6.07) is 10.9. The summed E-state index contributed by atoms with van der Waals surface area (Å²) in [6.07, 6.45) is 3.74. The van der Waals surface area contributed by atoms with Crippen molar-refractivity contribution in [2.45, 2.75) is 25.2 Å². The molecule has 17 heavy (non-hydrogen) atoms. The van der Waals surface area contributed by atoms with Crippen molar-refractivity contribution in [2.75, 3.05) is 26.8 Å². The molecule has 94 valence electrons. The summed E-state index contributed by atoms with van der Waals surface area (Å²) < 4.78 is 5.43. The van der Waals surface area contributed by atoms with Gasteiger partial charge in [0.2, 0.25) is 0 Å². The Morgan fingerprint density at radius 2 is 1.94 bits per heavy atom. The average molecular weight is 233 g/mol. The van der Waals surface area contributed by atoms with Crippen LogP contribution in [0.3, 0.4) is 0 Å². The van der Waals surface area contributed by atoms with E-state index in [0.29, 0.717) is 5.92 Å². The van der Waals surface area contributed by atoms with Gasteiger partial charge in [0.15, 0.2) is 0 Å². The molecule has 2 rings (SSSR count). The number of likely N-dealkylation sites (N-methyl/N-ethyl adjacent to an activating group) is 1. The predicted octanol–water partition coefficient (Wildman–Crippen LogP) is 2.81. The largest absolute Gasteiger partial charge is 0.381 e. The van der Waals surface area contributed by atoms with Crippen molar-refractivity contribution in [2.24, 2.45) is 5.92 Å². The number of rotatable bonds is 5. The average Bonchev–Trinajstić information content (AvgIpc) is 2.40. The molecule has 0 radical (unpaired) electrons. The molecule has 1 aliphatic heterocycles. The Kier molecular flexibility index (Phi) is 5.02. The van der Waals surface area contributed by atoms with Gasteiger partial charge in [0.1, 0.15) is 0 Å². The number of nitrogens with one attached hydrogen (secondary N) is 1. The highest BCUT2D eigenvalue weighted by Crippen LogP contribution is 2.28. The molecular weight excluding hydrogens is 210 g/mol. The SMILES string of the molecule is CNCC(CC1CCOCC1)c1ccccc1. The number of benzene rings is 1. The monoisotopic (exact) mass is 233 g/mol. The Morgan fingerprint density at radius 3 is 2.59 bits per heavy atom. The van der Waals surface area contributed by atoms with E-state index in [1.165, 1.54) is 24.8 Å². The molecule has 1 aliphatic rings. The van der Waals surface area contributed by atoms with Crippen LogP contribution in [-0.2, 0) is 4.74 Å². The van der Waals surface area contributed by atoms with Crippen molar-refractivity contribution in [1.82, 2.24) is 5.32 Å². The van der Waals surface area contributed by atoms with E-state index in [9.17, 15) is 0 Å². The molecule has 1 aromatic carbocycles. The Morgan fingerprint density at radius 1 is 1.24 bits per heavy atom. The summed E-state index contributed by atoms with van der Waals surface area (Å²) in [4.78, 5) is 0. The minimum absolute atomic E-state index is 0.643. The van der Waals surface area contributed by atoms with Crippen LogP contribution in [-0.4, -0.2) is 26.8 Å². The van der Waals surface area contributed by atoms with Crippen LogP contribution in [0.25, 0.3) is 0 Å². The Bertz CT molecular complexity index is 306. The molecule has 0 bridgehead atoms. The maximum Gasteiger partial charge on any atom is 0.0468 e. The highest BCUT2D eigenvalue weighted by atomic mass is 16.5. The van der Waals surface area contributed by atoms with Crippen molar-refractivity contribution in [3.05, 3.63) is 35.9 Å². The van der Waals surface area contributed by atoms with E-state index in [2.05, 4.69) is 35.6 Å². The summed E-state index contributed by atoms with van der Waals surface area (Å²) in [6.45, 7) is 2.97. The summed E-state index contributed by atoms with van der Waals surface area (Å²) in [5.41, 5.74) is 1.47. The second-order valence-corrected chi connectivity index (χ2v) is 4.96. The van der Waals surface area contributed by atoms with E-state index in [1.54, 1.807) is 0 Å². The molecule has 1 saturated heterocycles. The lowest BCUT2D eigenvalue weighted by Crippen LogP contribution is -2.23. The van der Waals surface area contributed by atoms with Gasteiger partial charge in [-0.3, -0.25) is 0 Å². The zero-order chi connectivity index (χ0) is 11.9. The first kappa shape index (κ1) is 12.6. The summed E-state index contributed by atoms with van der Waals surface area (Å²) in [5, 5.41) is 3.32. The van der Waals surface area contributed by atoms with Crippen LogP contribution in [0.2, 0.25) is 0 Å². The number of hydrogen-bond donors (Lipinski definition) is 1. The second kappa shape index (κ2) is 6.77. The minimum atomic E-state index is 0.643. The van der Waals surface area contributed by atoms with E-state index in [0.717, 1.165) is 25.7 Å². The minimum Gasteiger partial charge on any atom is -0.381 e. The van der Waals surface area contributed by atoms with Crippen LogP contribution in [0.1, 0.15) is 30.7 Å². The molecule has 1 unspecified atom stereocenters. The molecule has 1 N–H and O–H groups in total. The number of ether oxygens (including phenoxy) is 1. The molecule has 1 aromatic rings. The quantitative estimate of drug-likeness (QED) is 0.844. The molecule has 0 aromatic heterocycles. The molecule has 0 amide bonds. The maximum atomic E-state index is 5.43. The van der Waals surface area contributed by atoms with Crippen molar-refractivity contribution in [1.29, 1.82) is 0 Å². The lowest BCUT2D eigenvalue weighted by atomic mass is 9.85. The number of hydrogen-bond acceptors (Lipinski definition) is 2. The maximum absolute atomic E-state index is 5.43. The molecule has 1 atom stereocenters. The molecule has 0 aliphatic carbocycles. The van der Waals surface area contributed by atoms with Crippen LogP contribution < -0.4 is 5.32 Å². The van der Waals surface area contributed by atoms with E-state index < -0.39 is 0 Å². The van der Waals surface area contributed by atoms with Crippen LogP contribution in [0.15, 0.2) is 30.3 Å². The van der Waals surface area contributed by atoms with Gasteiger partial charge in [-0.25, -0.2) is 0 Å². The van der Waals surface area contributed by atoms with Crippen molar-refractivity contribution in [3.63, 3.8) is 0 Å². The smallest absolute Gasteiger partial charge is 0.0468 e. The molecule has 0 spiro atoms. The first-order chi connectivity index (χ1) is 8.40. The van der Waals surface area contributed by atoms with Gasteiger partial charge in [-0.1, -0.05) is 30.3 Å². The van der Waals surface area contributed by atoms with Gasteiger partial charge in [-0.05, 0) is 43.7 Å². The van der Waals surface area contributed by atoms with E-state index in [1.807, 2.05) is 7.05 Å².